The lowest BCUT2D eigenvalue weighted by Crippen LogP contribution is -2.48. The Labute approximate surface area is 193 Å². The number of hydrogen-bond donors (Lipinski definition) is 2. The zero-order valence-electron chi connectivity index (χ0n) is 16.5. The average molecular weight is 558 g/mol. The zero-order valence-corrected chi connectivity index (χ0v) is 20.4. The minimum Gasteiger partial charge on any atom is -0.357 e. The third-order valence-electron chi connectivity index (χ3n) is 4.73. The summed E-state index contributed by atoms with van der Waals surface area (Å²) in [6, 6.07) is 13.0. The van der Waals surface area contributed by atoms with Crippen molar-refractivity contribution in [1.29, 1.82) is 0 Å². The summed E-state index contributed by atoms with van der Waals surface area (Å²) in [6.07, 6.45) is 4.11. The molecule has 1 fully saturated rings. The number of nitrogens with zero attached hydrogens (tertiary/aromatic N) is 3. The molecule has 1 aliphatic rings. The molecule has 0 radical (unpaired) electrons. The normalized spacial score (nSPS) is 15.1. The maximum Gasteiger partial charge on any atom is 0.191 e. The fourth-order valence-electron chi connectivity index (χ4n) is 3.17. The Bertz CT molecular complexity index is 740. The van der Waals surface area contributed by atoms with Crippen molar-refractivity contribution in [3.8, 4) is 0 Å². The van der Waals surface area contributed by atoms with Crippen LogP contribution < -0.4 is 15.5 Å². The number of pyridine rings is 1. The number of aromatic nitrogens is 1. The van der Waals surface area contributed by atoms with Gasteiger partial charge in [0.2, 0.25) is 0 Å². The molecule has 0 unspecified atom stereocenters. The monoisotopic (exact) mass is 557 g/mol. The molecule has 28 heavy (non-hydrogen) atoms. The van der Waals surface area contributed by atoms with E-state index in [1.165, 1.54) is 11.1 Å². The SMILES string of the molecule is CCNC(=NCc1ccc(Br)cc1)NC1CCN(c2ccc(C)cn2)CC1.I. The zero-order chi connectivity index (χ0) is 19.1. The second kappa shape index (κ2) is 11.6. The summed E-state index contributed by atoms with van der Waals surface area (Å²) in [7, 11) is 0. The number of benzene rings is 1. The first-order valence-electron chi connectivity index (χ1n) is 9.61. The minimum absolute atomic E-state index is 0. The van der Waals surface area contributed by atoms with E-state index in [-0.39, 0.29) is 24.0 Å². The number of piperidine rings is 1. The van der Waals surface area contributed by atoms with E-state index < -0.39 is 0 Å². The Morgan fingerprint density at radius 1 is 1.18 bits per heavy atom. The topological polar surface area (TPSA) is 52.6 Å². The molecule has 2 aromatic rings. The van der Waals surface area contributed by atoms with Crippen LogP contribution in [0.5, 0.6) is 0 Å². The second-order valence-corrected chi connectivity index (χ2v) is 7.84. The molecule has 0 aliphatic carbocycles. The van der Waals surface area contributed by atoms with Gasteiger partial charge in [-0.1, -0.05) is 34.1 Å². The Balaban J connectivity index is 0.00000280. The first kappa shape index (κ1) is 22.9. The van der Waals surface area contributed by atoms with Gasteiger partial charge in [0.05, 0.1) is 6.54 Å². The van der Waals surface area contributed by atoms with Crippen molar-refractivity contribution < 1.29 is 0 Å². The van der Waals surface area contributed by atoms with Crippen molar-refractivity contribution in [2.24, 2.45) is 4.99 Å². The first-order valence-corrected chi connectivity index (χ1v) is 10.4. The van der Waals surface area contributed by atoms with Gasteiger partial charge in [-0.3, -0.25) is 0 Å². The van der Waals surface area contributed by atoms with Gasteiger partial charge in [0.15, 0.2) is 5.96 Å². The van der Waals surface area contributed by atoms with Crippen LogP contribution in [0.15, 0.2) is 52.1 Å². The molecule has 1 aliphatic heterocycles. The molecule has 1 aromatic heterocycles. The molecule has 0 saturated carbocycles. The van der Waals surface area contributed by atoms with E-state index >= 15 is 0 Å². The Kier molecular flexibility index (Phi) is 9.50. The van der Waals surface area contributed by atoms with Crippen molar-refractivity contribution in [2.75, 3.05) is 24.5 Å². The Morgan fingerprint density at radius 3 is 2.50 bits per heavy atom. The van der Waals surface area contributed by atoms with E-state index in [4.69, 9.17) is 4.99 Å². The molecular weight excluding hydrogens is 529 g/mol. The molecule has 5 nitrogen and oxygen atoms in total. The van der Waals surface area contributed by atoms with Crippen LogP contribution in [0, 0.1) is 6.92 Å². The van der Waals surface area contributed by atoms with Crippen molar-refractivity contribution in [1.82, 2.24) is 15.6 Å². The van der Waals surface area contributed by atoms with E-state index in [1.807, 2.05) is 6.20 Å². The lowest BCUT2D eigenvalue weighted by molar-refractivity contribution is 0.459. The highest BCUT2D eigenvalue weighted by Gasteiger charge is 2.20. The number of halogens is 2. The molecule has 2 N–H and O–H groups in total. The van der Waals surface area contributed by atoms with Gasteiger partial charge in [-0.2, -0.15) is 0 Å². The lowest BCUT2D eigenvalue weighted by Gasteiger charge is -2.33. The predicted molar refractivity (Wildman–Crippen MR) is 132 cm³/mol. The summed E-state index contributed by atoms with van der Waals surface area (Å²) in [6.45, 7) is 7.73. The van der Waals surface area contributed by atoms with Crippen LogP contribution in [0.1, 0.15) is 30.9 Å². The number of guanidine groups is 1. The standard InChI is InChI=1S/C21H28BrN5.HI/c1-3-23-21(25-15-17-5-7-18(22)8-6-17)26-19-10-12-27(13-11-19)20-9-4-16(2)14-24-20;/h4-9,14,19H,3,10-13,15H2,1-2H3,(H2,23,25,26);1H. The maximum atomic E-state index is 4.75. The highest BCUT2D eigenvalue weighted by atomic mass is 127. The molecule has 0 atom stereocenters. The van der Waals surface area contributed by atoms with Crippen molar-refractivity contribution in [3.63, 3.8) is 0 Å². The summed E-state index contributed by atoms with van der Waals surface area (Å²) >= 11 is 3.47. The molecule has 0 bridgehead atoms. The van der Waals surface area contributed by atoms with Crippen LogP contribution in [-0.2, 0) is 6.54 Å². The highest BCUT2D eigenvalue weighted by Crippen LogP contribution is 2.18. The fourth-order valence-corrected chi connectivity index (χ4v) is 3.44. The van der Waals surface area contributed by atoms with Crippen LogP contribution in [0.3, 0.4) is 0 Å². The predicted octanol–water partition coefficient (Wildman–Crippen LogP) is 4.49. The highest BCUT2D eigenvalue weighted by molar-refractivity contribution is 14.0. The van der Waals surface area contributed by atoms with Gasteiger partial charge in [0, 0.05) is 36.3 Å². The molecule has 7 heteroatoms. The van der Waals surface area contributed by atoms with Crippen LogP contribution in [0.4, 0.5) is 5.82 Å². The molecule has 1 aromatic carbocycles. The average Bonchev–Trinajstić information content (AvgIpc) is 2.69. The van der Waals surface area contributed by atoms with Crippen LogP contribution in [0.2, 0.25) is 0 Å². The molecule has 2 heterocycles. The number of aryl methyl sites for hydroxylation is 1. The lowest BCUT2D eigenvalue weighted by atomic mass is 10.1. The first-order chi connectivity index (χ1) is 13.1. The molecular formula is C21H29BrIN5. The summed E-state index contributed by atoms with van der Waals surface area (Å²) in [4.78, 5) is 11.7. The summed E-state index contributed by atoms with van der Waals surface area (Å²) < 4.78 is 1.09. The van der Waals surface area contributed by atoms with Crippen LogP contribution in [0.25, 0.3) is 0 Å². The van der Waals surface area contributed by atoms with E-state index in [0.29, 0.717) is 12.6 Å². The number of nitrogens with one attached hydrogen (secondary N) is 2. The van der Waals surface area contributed by atoms with Gasteiger partial charge in [-0.15, -0.1) is 24.0 Å². The summed E-state index contributed by atoms with van der Waals surface area (Å²) in [5.41, 5.74) is 2.41. The van der Waals surface area contributed by atoms with Crippen LogP contribution >= 0.6 is 39.9 Å². The third-order valence-corrected chi connectivity index (χ3v) is 5.26. The molecule has 1 saturated heterocycles. The van der Waals surface area contributed by atoms with Crippen molar-refractivity contribution in [3.05, 3.63) is 58.2 Å². The summed E-state index contributed by atoms with van der Waals surface area (Å²) in [5.74, 6) is 1.97. The molecule has 0 spiro atoms. The molecule has 3 rings (SSSR count). The van der Waals surface area contributed by atoms with E-state index in [2.05, 4.69) is 86.7 Å². The summed E-state index contributed by atoms with van der Waals surface area (Å²) in [5, 5.41) is 6.97. The van der Waals surface area contributed by atoms with E-state index in [9.17, 15) is 0 Å². The van der Waals surface area contributed by atoms with Crippen molar-refractivity contribution in [2.45, 2.75) is 39.3 Å². The Morgan fingerprint density at radius 2 is 1.89 bits per heavy atom. The minimum atomic E-state index is 0. The number of hydrogen-bond acceptors (Lipinski definition) is 3. The quantitative estimate of drug-likeness (QED) is 0.323. The van der Waals surface area contributed by atoms with Crippen LogP contribution in [-0.4, -0.2) is 36.6 Å². The van der Waals surface area contributed by atoms with Gasteiger partial charge in [-0.25, -0.2) is 9.98 Å². The van der Waals surface area contributed by atoms with E-state index in [1.54, 1.807) is 0 Å². The van der Waals surface area contributed by atoms with Gasteiger partial charge < -0.3 is 15.5 Å². The molecule has 0 amide bonds. The largest absolute Gasteiger partial charge is 0.357 e. The number of aliphatic imine (C=N–C) groups is 1. The number of rotatable bonds is 5. The van der Waals surface area contributed by atoms with Gasteiger partial charge in [-0.05, 0) is 56.0 Å². The smallest absolute Gasteiger partial charge is 0.191 e. The Hall–Kier alpha value is -1.35. The fraction of sp³-hybridized carbons (Fsp3) is 0.429. The van der Waals surface area contributed by atoms with Crippen molar-refractivity contribution >= 4 is 51.7 Å². The van der Waals surface area contributed by atoms with Gasteiger partial charge >= 0.3 is 0 Å². The third kappa shape index (κ3) is 6.92. The van der Waals surface area contributed by atoms with Gasteiger partial charge in [0.25, 0.3) is 0 Å². The maximum absolute atomic E-state index is 4.75. The number of anilines is 1. The second-order valence-electron chi connectivity index (χ2n) is 6.92. The van der Waals surface area contributed by atoms with Gasteiger partial charge in [0.1, 0.15) is 5.82 Å². The molecule has 152 valence electrons. The van der Waals surface area contributed by atoms with E-state index in [0.717, 1.165) is 48.7 Å².